The molecule has 2 rings (SSSR count). The lowest BCUT2D eigenvalue weighted by Gasteiger charge is -2.02. The fourth-order valence-electron chi connectivity index (χ4n) is 1.08. The van der Waals surface area contributed by atoms with Gasteiger partial charge in [0.1, 0.15) is 5.82 Å². The monoisotopic (exact) mass is 209 g/mol. The van der Waals surface area contributed by atoms with Crippen molar-refractivity contribution in [2.45, 2.75) is 6.92 Å². The van der Waals surface area contributed by atoms with Gasteiger partial charge < -0.3 is 5.32 Å². The molecule has 14 heavy (non-hydrogen) atoms. The molecular weight excluding hydrogens is 201 g/mol. The van der Waals surface area contributed by atoms with Crippen molar-refractivity contribution in [3.63, 3.8) is 0 Å². The largest absolute Gasteiger partial charge is 0.339 e. The highest BCUT2D eigenvalue weighted by Gasteiger charge is 2.01. The summed E-state index contributed by atoms with van der Waals surface area (Å²) in [6.45, 7) is 1.73. The van der Waals surface area contributed by atoms with Crippen molar-refractivity contribution in [3.8, 4) is 0 Å². The molecule has 0 aliphatic heterocycles. The molecule has 1 N–H and O–H groups in total. The van der Waals surface area contributed by atoms with Crippen LogP contribution in [-0.4, -0.2) is 9.97 Å². The Hall–Kier alpha value is -1.49. The molecule has 0 aliphatic rings. The minimum absolute atomic E-state index is 0.480. The molecule has 0 saturated carbocycles. The molecule has 0 bridgehead atoms. The molecule has 5 heteroatoms. The number of aromatic nitrogens is 2. The van der Waals surface area contributed by atoms with Gasteiger partial charge in [-0.3, -0.25) is 0 Å². The minimum atomic E-state index is -0.706. The van der Waals surface area contributed by atoms with E-state index < -0.39 is 6.08 Å². The summed E-state index contributed by atoms with van der Waals surface area (Å²) in [7, 11) is 0. The van der Waals surface area contributed by atoms with Crippen LogP contribution in [0.4, 0.5) is 15.9 Å². The van der Waals surface area contributed by atoms with Crippen LogP contribution in [0.1, 0.15) is 5.69 Å². The van der Waals surface area contributed by atoms with Crippen molar-refractivity contribution < 1.29 is 4.39 Å². The summed E-state index contributed by atoms with van der Waals surface area (Å²) in [6, 6.07) is 3.60. The van der Waals surface area contributed by atoms with Gasteiger partial charge in [0.25, 0.3) is 0 Å². The summed E-state index contributed by atoms with van der Waals surface area (Å²) in [6.07, 6.45) is -0.706. The van der Waals surface area contributed by atoms with Crippen molar-refractivity contribution in [2.24, 2.45) is 0 Å². The molecule has 0 aliphatic carbocycles. The van der Waals surface area contributed by atoms with Gasteiger partial charge in [0.15, 0.2) is 0 Å². The number of hydrogen-bond acceptors (Lipinski definition) is 4. The van der Waals surface area contributed by atoms with E-state index in [0.29, 0.717) is 11.5 Å². The molecule has 0 atom stereocenters. The van der Waals surface area contributed by atoms with Crippen molar-refractivity contribution in [1.82, 2.24) is 9.97 Å². The second-order valence-electron chi connectivity index (χ2n) is 2.80. The Morgan fingerprint density at radius 3 is 2.93 bits per heavy atom. The zero-order valence-electron chi connectivity index (χ0n) is 7.49. The summed E-state index contributed by atoms with van der Waals surface area (Å²) in [4.78, 5) is 7.17. The smallest absolute Gasteiger partial charge is 0.310 e. The van der Waals surface area contributed by atoms with E-state index in [2.05, 4.69) is 15.3 Å². The third-order valence-corrected chi connectivity index (χ3v) is 2.30. The molecule has 0 saturated heterocycles. The van der Waals surface area contributed by atoms with Gasteiger partial charge in [-0.25, -0.2) is 4.98 Å². The molecule has 0 radical (unpaired) electrons. The Morgan fingerprint density at radius 1 is 1.43 bits per heavy atom. The van der Waals surface area contributed by atoms with Crippen molar-refractivity contribution >= 4 is 22.8 Å². The molecule has 2 aromatic rings. The molecule has 3 nitrogen and oxygen atoms in total. The van der Waals surface area contributed by atoms with Crippen molar-refractivity contribution in [2.75, 3.05) is 5.32 Å². The molecular formula is C9H8FN3S. The average molecular weight is 209 g/mol. The van der Waals surface area contributed by atoms with E-state index in [1.807, 2.05) is 16.8 Å². The fourth-order valence-corrected chi connectivity index (χ4v) is 1.67. The van der Waals surface area contributed by atoms with Gasteiger partial charge in [0, 0.05) is 17.1 Å². The van der Waals surface area contributed by atoms with Crippen LogP contribution in [0.2, 0.25) is 0 Å². The molecule has 2 heterocycles. The van der Waals surface area contributed by atoms with E-state index >= 15 is 0 Å². The molecule has 0 fully saturated rings. The maximum Gasteiger partial charge on any atom is 0.310 e. The Labute approximate surface area is 84.6 Å². The second-order valence-corrected chi connectivity index (χ2v) is 3.58. The zero-order valence-corrected chi connectivity index (χ0v) is 8.31. The number of anilines is 2. The Kier molecular flexibility index (Phi) is 2.41. The van der Waals surface area contributed by atoms with Gasteiger partial charge in [-0.05, 0) is 18.4 Å². The number of thiophene rings is 1. The number of aryl methyl sites for hydroxylation is 1. The van der Waals surface area contributed by atoms with Gasteiger partial charge in [-0.2, -0.15) is 20.7 Å². The first-order chi connectivity index (χ1) is 6.74. The maximum atomic E-state index is 12.8. The molecule has 0 spiro atoms. The highest BCUT2D eigenvalue weighted by atomic mass is 32.1. The lowest BCUT2D eigenvalue weighted by molar-refractivity contribution is 0.537. The van der Waals surface area contributed by atoms with Crippen LogP contribution in [0, 0.1) is 13.0 Å². The van der Waals surface area contributed by atoms with Gasteiger partial charge in [-0.1, -0.05) is 0 Å². The fraction of sp³-hybridized carbons (Fsp3) is 0.111. The molecule has 72 valence electrons. The van der Waals surface area contributed by atoms with E-state index in [1.165, 1.54) is 0 Å². The van der Waals surface area contributed by atoms with E-state index in [1.54, 1.807) is 24.3 Å². The summed E-state index contributed by atoms with van der Waals surface area (Å²) in [5, 5.41) is 6.85. The number of rotatable bonds is 2. The molecule has 2 aromatic heterocycles. The van der Waals surface area contributed by atoms with Gasteiger partial charge >= 0.3 is 6.08 Å². The number of nitrogens with one attached hydrogen (secondary N) is 1. The maximum absolute atomic E-state index is 12.8. The average Bonchev–Trinajstić information content (AvgIpc) is 2.54. The molecule has 0 aromatic carbocycles. The predicted octanol–water partition coefficient (Wildman–Crippen LogP) is 2.73. The lowest BCUT2D eigenvalue weighted by Crippen LogP contribution is -1.98. The lowest BCUT2D eigenvalue weighted by atomic mass is 10.4. The van der Waals surface area contributed by atoms with Crippen LogP contribution in [0.3, 0.4) is 0 Å². The third kappa shape index (κ3) is 2.05. The quantitative estimate of drug-likeness (QED) is 0.773. The second kappa shape index (κ2) is 3.71. The minimum Gasteiger partial charge on any atom is -0.339 e. The first-order valence-corrected chi connectivity index (χ1v) is 4.99. The van der Waals surface area contributed by atoms with E-state index in [0.717, 1.165) is 5.69 Å². The summed E-state index contributed by atoms with van der Waals surface area (Å²) in [5.41, 5.74) is 1.52. The number of halogens is 1. The SMILES string of the molecule is Cc1cc(Nc2ccsc2)nc(F)n1. The number of hydrogen-bond donors (Lipinski definition) is 1. The molecule has 0 amide bonds. The van der Waals surface area contributed by atoms with E-state index in [-0.39, 0.29) is 0 Å². The first-order valence-electron chi connectivity index (χ1n) is 4.04. The highest BCUT2D eigenvalue weighted by Crippen LogP contribution is 2.17. The highest BCUT2D eigenvalue weighted by molar-refractivity contribution is 7.08. The Balaban J connectivity index is 2.25. The topological polar surface area (TPSA) is 37.8 Å². The number of nitrogens with zero attached hydrogens (tertiary/aromatic N) is 2. The normalized spacial score (nSPS) is 10.1. The van der Waals surface area contributed by atoms with Crippen LogP contribution in [0.5, 0.6) is 0 Å². The van der Waals surface area contributed by atoms with Gasteiger partial charge in [0.05, 0.1) is 5.69 Å². The summed E-state index contributed by atoms with van der Waals surface area (Å²) >= 11 is 1.57. The van der Waals surface area contributed by atoms with Crippen LogP contribution in [0.25, 0.3) is 0 Å². The van der Waals surface area contributed by atoms with E-state index in [9.17, 15) is 4.39 Å². The van der Waals surface area contributed by atoms with Crippen molar-refractivity contribution in [1.29, 1.82) is 0 Å². The zero-order chi connectivity index (χ0) is 9.97. The van der Waals surface area contributed by atoms with Crippen molar-refractivity contribution in [3.05, 3.63) is 34.7 Å². The summed E-state index contributed by atoms with van der Waals surface area (Å²) < 4.78 is 12.8. The van der Waals surface area contributed by atoms with Gasteiger partial charge in [0.2, 0.25) is 0 Å². The first kappa shape index (κ1) is 9.08. The Bertz CT molecular complexity index is 407. The third-order valence-electron chi connectivity index (χ3n) is 1.62. The van der Waals surface area contributed by atoms with Crippen LogP contribution in [-0.2, 0) is 0 Å². The van der Waals surface area contributed by atoms with Crippen LogP contribution < -0.4 is 5.32 Å². The summed E-state index contributed by atoms with van der Waals surface area (Å²) in [5.74, 6) is 0.480. The predicted molar refractivity (Wildman–Crippen MR) is 54.3 cm³/mol. The van der Waals surface area contributed by atoms with Gasteiger partial charge in [-0.15, -0.1) is 0 Å². The van der Waals surface area contributed by atoms with Crippen LogP contribution in [0.15, 0.2) is 22.9 Å². The Morgan fingerprint density at radius 2 is 2.29 bits per heavy atom. The standard InChI is InChI=1S/C9H8FN3S/c1-6-4-8(13-9(10)11-6)12-7-2-3-14-5-7/h2-5H,1H3,(H,11,12,13). The molecule has 0 unspecified atom stereocenters. The van der Waals surface area contributed by atoms with Crippen LogP contribution >= 0.6 is 11.3 Å². The van der Waals surface area contributed by atoms with E-state index in [4.69, 9.17) is 0 Å².